The van der Waals surface area contributed by atoms with Gasteiger partial charge in [0.25, 0.3) is 0 Å². The quantitative estimate of drug-likeness (QED) is 0.790. The molecule has 0 aromatic carbocycles. The molecule has 0 saturated carbocycles. The zero-order chi connectivity index (χ0) is 12.6. The second-order valence-corrected chi connectivity index (χ2v) is 5.92. The first-order chi connectivity index (χ1) is 7.88. The van der Waals surface area contributed by atoms with Gasteiger partial charge in [-0.2, -0.15) is 0 Å². The highest BCUT2D eigenvalue weighted by Gasteiger charge is 2.37. The standard InChI is InChI=1S/C10H13N3O3S/c1-7-4-8(2-3-12-7)13-6-9(5-10(13)14)17(11,15)16/h2-4,9H,5-6H2,1H3,(H2,11,15,16). The van der Waals surface area contributed by atoms with Gasteiger partial charge in [-0.05, 0) is 19.1 Å². The molecule has 17 heavy (non-hydrogen) atoms. The fraction of sp³-hybridized carbons (Fsp3) is 0.400. The van der Waals surface area contributed by atoms with Gasteiger partial charge < -0.3 is 4.90 Å². The molecule has 2 rings (SSSR count). The number of carbonyl (C=O) groups is 1. The number of anilines is 1. The van der Waals surface area contributed by atoms with Crippen molar-refractivity contribution in [2.24, 2.45) is 5.14 Å². The summed E-state index contributed by atoms with van der Waals surface area (Å²) in [6, 6.07) is 3.42. The summed E-state index contributed by atoms with van der Waals surface area (Å²) in [5.41, 5.74) is 1.43. The van der Waals surface area contributed by atoms with Crippen molar-refractivity contribution < 1.29 is 13.2 Å². The summed E-state index contributed by atoms with van der Waals surface area (Å²) >= 11 is 0. The van der Waals surface area contributed by atoms with Gasteiger partial charge in [-0.1, -0.05) is 0 Å². The van der Waals surface area contributed by atoms with Crippen LogP contribution in [0, 0.1) is 6.92 Å². The van der Waals surface area contributed by atoms with Crippen LogP contribution >= 0.6 is 0 Å². The lowest BCUT2D eigenvalue weighted by Crippen LogP contribution is -2.32. The lowest BCUT2D eigenvalue weighted by atomic mass is 10.3. The Kier molecular flexibility index (Phi) is 2.88. The Morgan fingerprint density at radius 2 is 2.24 bits per heavy atom. The van der Waals surface area contributed by atoms with Gasteiger partial charge in [0.1, 0.15) is 5.25 Å². The van der Waals surface area contributed by atoms with Gasteiger partial charge in [-0.25, -0.2) is 13.6 Å². The largest absolute Gasteiger partial charge is 0.311 e. The van der Waals surface area contributed by atoms with E-state index in [1.807, 2.05) is 0 Å². The van der Waals surface area contributed by atoms with Gasteiger partial charge >= 0.3 is 0 Å². The van der Waals surface area contributed by atoms with E-state index in [1.165, 1.54) is 4.90 Å². The van der Waals surface area contributed by atoms with Crippen LogP contribution < -0.4 is 10.0 Å². The van der Waals surface area contributed by atoms with Crippen LogP contribution in [-0.4, -0.2) is 31.1 Å². The van der Waals surface area contributed by atoms with E-state index in [0.29, 0.717) is 5.69 Å². The van der Waals surface area contributed by atoms with Crippen molar-refractivity contribution in [3.8, 4) is 0 Å². The fourth-order valence-corrected chi connectivity index (χ4v) is 2.57. The maximum absolute atomic E-state index is 11.7. The van der Waals surface area contributed by atoms with Crippen LogP contribution in [0.4, 0.5) is 5.69 Å². The Morgan fingerprint density at radius 3 is 2.76 bits per heavy atom. The molecule has 2 N–H and O–H groups in total. The van der Waals surface area contributed by atoms with Crippen molar-refractivity contribution in [1.82, 2.24) is 4.98 Å². The lowest BCUT2D eigenvalue weighted by Gasteiger charge is -2.16. The molecule has 1 amide bonds. The van der Waals surface area contributed by atoms with Crippen LogP contribution in [0.2, 0.25) is 0 Å². The van der Waals surface area contributed by atoms with Crippen LogP contribution in [0.15, 0.2) is 18.3 Å². The number of primary sulfonamides is 1. The van der Waals surface area contributed by atoms with Gasteiger partial charge in [0.05, 0.1) is 0 Å². The van der Waals surface area contributed by atoms with Crippen molar-refractivity contribution in [3.05, 3.63) is 24.0 Å². The number of hydrogen-bond donors (Lipinski definition) is 1. The summed E-state index contributed by atoms with van der Waals surface area (Å²) in [6.07, 6.45) is 1.53. The van der Waals surface area contributed by atoms with Crippen molar-refractivity contribution in [3.63, 3.8) is 0 Å². The summed E-state index contributed by atoms with van der Waals surface area (Å²) in [5.74, 6) is -0.227. The SMILES string of the molecule is Cc1cc(N2CC(S(N)(=O)=O)CC2=O)ccn1. The Labute approximate surface area is 99.5 Å². The van der Waals surface area contributed by atoms with Gasteiger partial charge in [0, 0.05) is 30.5 Å². The number of nitrogens with zero attached hydrogens (tertiary/aromatic N) is 2. The number of pyridine rings is 1. The second kappa shape index (κ2) is 4.08. The van der Waals surface area contributed by atoms with E-state index in [1.54, 1.807) is 25.3 Å². The van der Waals surface area contributed by atoms with Crippen LogP contribution in [0.3, 0.4) is 0 Å². The number of aryl methyl sites for hydroxylation is 1. The average molecular weight is 255 g/mol. The molecule has 1 saturated heterocycles. The zero-order valence-electron chi connectivity index (χ0n) is 9.33. The molecule has 0 radical (unpaired) electrons. The molecule has 0 bridgehead atoms. The third-order valence-electron chi connectivity index (χ3n) is 2.75. The molecule has 1 aliphatic heterocycles. The first kappa shape index (κ1) is 12.0. The zero-order valence-corrected chi connectivity index (χ0v) is 10.1. The van der Waals surface area contributed by atoms with E-state index in [-0.39, 0.29) is 18.9 Å². The number of carbonyl (C=O) groups excluding carboxylic acids is 1. The highest BCUT2D eigenvalue weighted by molar-refractivity contribution is 7.89. The monoisotopic (exact) mass is 255 g/mol. The van der Waals surface area contributed by atoms with Gasteiger partial charge in [0.15, 0.2) is 0 Å². The molecule has 2 heterocycles. The molecule has 7 heteroatoms. The molecular formula is C10H13N3O3S. The Morgan fingerprint density at radius 1 is 1.53 bits per heavy atom. The highest BCUT2D eigenvalue weighted by atomic mass is 32.2. The maximum Gasteiger partial charge on any atom is 0.228 e. The van der Waals surface area contributed by atoms with Crippen LogP contribution in [0.5, 0.6) is 0 Å². The lowest BCUT2D eigenvalue weighted by molar-refractivity contribution is -0.117. The van der Waals surface area contributed by atoms with E-state index in [4.69, 9.17) is 5.14 Å². The highest BCUT2D eigenvalue weighted by Crippen LogP contribution is 2.24. The van der Waals surface area contributed by atoms with Gasteiger partial charge in [-0.15, -0.1) is 0 Å². The molecule has 1 aliphatic rings. The molecule has 1 aromatic heterocycles. The molecule has 92 valence electrons. The molecule has 1 unspecified atom stereocenters. The van der Waals surface area contributed by atoms with Crippen LogP contribution in [0.1, 0.15) is 12.1 Å². The third kappa shape index (κ3) is 2.45. The topological polar surface area (TPSA) is 93.4 Å². The first-order valence-corrected chi connectivity index (χ1v) is 6.73. The number of hydrogen-bond acceptors (Lipinski definition) is 4. The van der Waals surface area contributed by atoms with Crippen LogP contribution in [0.25, 0.3) is 0 Å². The number of aromatic nitrogens is 1. The smallest absolute Gasteiger partial charge is 0.228 e. The molecule has 0 aliphatic carbocycles. The molecular weight excluding hydrogens is 242 g/mol. The molecule has 1 atom stereocenters. The predicted molar refractivity (Wildman–Crippen MR) is 62.8 cm³/mol. The first-order valence-electron chi connectivity index (χ1n) is 5.12. The Balaban J connectivity index is 2.28. The summed E-state index contributed by atoms with van der Waals surface area (Å²) in [7, 11) is -3.66. The molecule has 1 fully saturated rings. The van der Waals surface area contributed by atoms with E-state index >= 15 is 0 Å². The number of sulfonamides is 1. The minimum Gasteiger partial charge on any atom is -0.311 e. The van der Waals surface area contributed by atoms with E-state index in [0.717, 1.165) is 5.69 Å². The fourth-order valence-electron chi connectivity index (χ4n) is 1.84. The summed E-state index contributed by atoms with van der Waals surface area (Å²) < 4.78 is 22.4. The molecule has 6 nitrogen and oxygen atoms in total. The minimum atomic E-state index is -3.66. The van der Waals surface area contributed by atoms with E-state index in [2.05, 4.69) is 4.98 Å². The van der Waals surface area contributed by atoms with Gasteiger partial charge in [-0.3, -0.25) is 9.78 Å². The van der Waals surface area contributed by atoms with Crippen molar-refractivity contribution in [1.29, 1.82) is 0 Å². The third-order valence-corrected chi connectivity index (χ3v) is 3.99. The van der Waals surface area contributed by atoms with Crippen molar-refractivity contribution in [2.45, 2.75) is 18.6 Å². The summed E-state index contributed by atoms with van der Waals surface area (Å²) in [6.45, 7) is 1.92. The normalized spacial score (nSPS) is 20.9. The maximum atomic E-state index is 11.7. The van der Waals surface area contributed by atoms with Crippen LogP contribution in [-0.2, 0) is 14.8 Å². The predicted octanol–water partition coefficient (Wildman–Crippen LogP) is -0.216. The van der Waals surface area contributed by atoms with Crippen molar-refractivity contribution >= 4 is 21.6 Å². The molecule has 0 spiro atoms. The second-order valence-electron chi connectivity index (χ2n) is 4.07. The summed E-state index contributed by atoms with van der Waals surface area (Å²) in [4.78, 5) is 17.2. The molecule has 1 aromatic rings. The Hall–Kier alpha value is -1.47. The van der Waals surface area contributed by atoms with Crippen molar-refractivity contribution in [2.75, 3.05) is 11.4 Å². The van der Waals surface area contributed by atoms with E-state index in [9.17, 15) is 13.2 Å². The Bertz CT molecular complexity index is 556. The summed E-state index contributed by atoms with van der Waals surface area (Å²) in [5, 5.41) is 4.24. The van der Waals surface area contributed by atoms with Gasteiger partial charge in [0.2, 0.25) is 15.9 Å². The minimum absolute atomic E-state index is 0.0554. The number of nitrogens with two attached hydrogens (primary N) is 1. The number of rotatable bonds is 2. The number of amides is 1. The van der Waals surface area contributed by atoms with E-state index < -0.39 is 15.3 Å². The average Bonchev–Trinajstić information content (AvgIpc) is 2.60.